The van der Waals surface area contributed by atoms with Gasteiger partial charge < -0.3 is 4.74 Å². The first-order chi connectivity index (χ1) is 6.77. The van der Waals surface area contributed by atoms with Crippen molar-refractivity contribution >= 4 is 15.9 Å². The number of pyridine rings is 1. The van der Waals surface area contributed by atoms with Gasteiger partial charge in [-0.2, -0.15) is 0 Å². The Balaban J connectivity index is 2.31. The SMILES string of the molecule is COC1(c2ccc(Br)cn2)CCCC1. The van der Waals surface area contributed by atoms with Crippen LogP contribution in [0.2, 0.25) is 0 Å². The predicted octanol–water partition coefficient (Wildman–Crippen LogP) is 3.26. The van der Waals surface area contributed by atoms with E-state index in [0.717, 1.165) is 23.0 Å². The Morgan fingerprint density at radius 1 is 1.36 bits per heavy atom. The Hall–Kier alpha value is -0.410. The summed E-state index contributed by atoms with van der Waals surface area (Å²) in [4.78, 5) is 4.43. The Labute approximate surface area is 92.8 Å². The lowest BCUT2D eigenvalue weighted by Gasteiger charge is -2.26. The molecule has 0 spiro atoms. The first-order valence-corrected chi connectivity index (χ1v) is 5.73. The molecule has 1 aromatic heterocycles. The van der Waals surface area contributed by atoms with E-state index >= 15 is 0 Å². The first kappa shape index (κ1) is 10.1. The quantitative estimate of drug-likeness (QED) is 0.810. The van der Waals surface area contributed by atoms with Crippen LogP contribution in [0.4, 0.5) is 0 Å². The van der Waals surface area contributed by atoms with E-state index in [0.29, 0.717) is 0 Å². The van der Waals surface area contributed by atoms with E-state index in [-0.39, 0.29) is 5.60 Å². The number of aromatic nitrogens is 1. The van der Waals surface area contributed by atoms with Gasteiger partial charge in [-0.25, -0.2) is 0 Å². The first-order valence-electron chi connectivity index (χ1n) is 4.94. The van der Waals surface area contributed by atoms with Gasteiger partial charge in [-0.1, -0.05) is 12.8 Å². The van der Waals surface area contributed by atoms with Gasteiger partial charge in [0.25, 0.3) is 0 Å². The van der Waals surface area contributed by atoms with Crippen molar-refractivity contribution in [3.05, 3.63) is 28.5 Å². The molecule has 0 saturated heterocycles. The van der Waals surface area contributed by atoms with Crippen molar-refractivity contribution < 1.29 is 4.74 Å². The lowest BCUT2D eigenvalue weighted by Crippen LogP contribution is -2.25. The fourth-order valence-corrected chi connectivity index (χ4v) is 2.39. The number of rotatable bonds is 2. The van der Waals surface area contributed by atoms with Gasteiger partial charge in [-0.05, 0) is 40.9 Å². The molecule has 0 aromatic carbocycles. The summed E-state index contributed by atoms with van der Waals surface area (Å²) in [7, 11) is 1.79. The zero-order valence-electron chi connectivity index (χ0n) is 8.29. The summed E-state index contributed by atoms with van der Waals surface area (Å²) >= 11 is 3.39. The Morgan fingerprint density at radius 2 is 2.07 bits per heavy atom. The van der Waals surface area contributed by atoms with Gasteiger partial charge in [0.15, 0.2) is 0 Å². The molecule has 0 aliphatic heterocycles. The lowest BCUT2D eigenvalue weighted by molar-refractivity contribution is -0.0123. The average molecular weight is 256 g/mol. The minimum Gasteiger partial charge on any atom is -0.372 e. The Morgan fingerprint density at radius 3 is 2.57 bits per heavy atom. The summed E-state index contributed by atoms with van der Waals surface area (Å²) in [6, 6.07) is 4.08. The number of nitrogens with zero attached hydrogens (tertiary/aromatic N) is 1. The van der Waals surface area contributed by atoms with Crippen LogP contribution in [0, 0.1) is 0 Å². The number of methoxy groups -OCH3 is 1. The maximum absolute atomic E-state index is 5.65. The topological polar surface area (TPSA) is 22.1 Å². The summed E-state index contributed by atoms with van der Waals surface area (Å²) in [6.45, 7) is 0. The summed E-state index contributed by atoms with van der Waals surface area (Å²) in [5.41, 5.74) is 0.960. The fourth-order valence-electron chi connectivity index (χ4n) is 2.16. The van der Waals surface area contributed by atoms with Gasteiger partial charge >= 0.3 is 0 Å². The van der Waals surface area contributed by atoms with Crippen LogP contribution in [0.1, 0.15) is 31.4 Å². The van der Waals surface area contributed by atoms with Gasteiger partial charge in [0.2, 0.25) is 0 Å². The van der Waals surface area contributed by atoms with Crippen molar-refractivity contribution in [1.29, 1.82) is 0 Å². The zero-order valence-corrected chi connectivity index (χ0v) is 9.88. The molecule has 0 radical (unpaired) electrons. The van der Waals surface area contributed by atoms with Crippen LogP contribution in [-0.2, 0) is 10.3 Å². The van der Waals surface area contributed by atoms with Gasteiger partial charge in [0, 0.05) is 17.8 Å². The lowest BCUT2D eigenvalue weighted by atomic mass is 9.97. The molecule has 1 aliphatic rings. The third-order valence-corrected chi connectivity index (χ3v) is 3.47. The van der Waals surface area contributed by atoms with Crippen LogP contribution in [-0.4, -0.2) is 12.1 Å². The summed E-state index contributed by atoms with van der Waals surface area (Å²) in [6.07, 6.45) is 6.52. The zero-order chi connectivity index (χ0) is 10.0. The highest BCUT2D eigenvalue weighted by Crippen LogP contribution is 2.40. The molecule has 0 bridgehead atoms. The van der Waals surface area contributed by atoms with Crippen LogP contribution in [0.25, 0.3) is 0 Å². The molecule has 1 fully saturated rings. The van der Waals surface area contributed by atoms with E-state index in [9.17, 15) is 0 Å². The molecule has 0 amide bonds. The highest BCUT2D eigenvalue weighted by molar-refractivity contribution is 9.10. The molecule has 14 heavy (non-hydrogen) atoms. The molecule has 1 saturated carbocycles. The molecule has 2 rings (SSSR count). The summed E-state index contributed by atoms with van der Waals surface area (Å²) in [5, 5.41) is 0. The average Bonchev–Trinajstić information content (AvgIpc) is 2.68. The molecule has 0 N–H and O–H groups in total. The predicted molar refractivity (Wildman–Crippen MR) is 59.1 cm³/mol. The van der Waals surface area contributed by atoms with E-state index in [1.165, 1.54) is 12.8 Å². The van der Waals surface area contributed by atoms with Gasteiger partial charge in [-0.15, -0.1) is 0 Å². The monoisotopic (exact) mass is 255 g/mol. The van der Waals surface area contributed by atoms with Crippen LogP contribution in [0.3, 0.4) is 0 Å². The van der Waals surface area contributed by atoms with Crippen LogP contribution >= 0.6 is 15.9 Å². The standard InChI is InChI=1S/C11H14BrNO/c1-14-11(6-2-3-7-11)10-5-4-9(12)8-13-10/h4-5,8H,2-3,6-7H2,1H3. The van der Waals surface area contributed by atoms with E-state index in [2.05, 4.69) is 27.0 Å². The van der Waals surface area contributed by atoms with Crippen molar-refractivity contribution in [3.8, 4) is 0 Å². The van der Waals surface area contributed by atoms with E-state index < -0.39 is 0 Å². The summed E-state index contributed by atoms with van der Waals surface area (Å²) in [5.74, 6) is 0. The Kier molecular flexibility index (Phi) is 2.88. The second kappa shape index (κ2) is 3.99. The number of ether oxygens (including phenoxy) is 1. The van der Waals surface area contributed by atoms with Gasteiger partial charge in [-0.3, -0.25) is 4.98 Å². The molecule has 1 heterocycles. The summed E-state index contributed by atoms with van der Waals surface area (Å²) < 4.78 is 6.67. The minimum atomic E-state index is -0.110. The van der Waals surface area contributed by atoms with Crippen LogP contribution < -0.4 is 0 Å². The van der Waals surface area contributed by atoms with E-state index in [1.54, 1.807) is 7.11 Å². The van der Waals surface area contributed by atoms with Crippen molar-refractivity contribution in [2.45, 2.75) is 31.3 Å². The molecule has 0 unspecified atom stereocenters. The van der Waals surface area contributed by atoms with Gasteiger partial charge in [0.1, 0.15) is 5.60 Å². The van der Waals surface area contributed by atoms with Crippen LogP contribution in [0.5, 0.6) is 0 Å². The molecule has 76 valence electrons. The maximum Gasteiger partial charge on any atom is 0.110 e. The molecular formula is C11H14BrNO. The van der Waals surface area contributed by atoms with Gasteiger partial charge in [0.05, 0.1) is 5.69 Å². The van der Waals surface area contributed by atoms with E-state index in [4.69, 9.17) is 4.74 Å². The third kappa shape index (κ3) is 1.71. The smallest absolute Gasteiger partial charge is 0.110 e. The molecular weight excluding hydrogens is 242 g/mol. The van der Waals surface area contributed by atoms with Crippen molar-refractivity contribution in [3.63, 3.8) is 0 Å². The van der Waals surface area contributed by atoms with Crippen molar-refractivity contribution in [2.75, 3.05) is 7.11 Å². The van der Waals surface area contributed by atoms with Crippen LogP contribution in [0.15, 0.2) is 22.8 Å². The number of hydrogen-bond donors (Lipinski definition) is 0. The second-order valence-electron chi connectivity index (χ2n) is 3.77. The van der Waals surface area contributed by atoms with E-state index in [1.807, 2.05) is 12.3 Å². The number of hydrogen-bond acceptors (Lipinski definition) is 2. The molecule has 2 nitrogen and oxygen atoms in total. The maximum atomic E-state index is 5.65. The fraction of sp³-hybridized carbons (Fsp3) is 0.545. The highest BCUT2D eigenvalue weighted by atomic mass is 79.9. The molecule has 0 atom stereocenters. The minimum absolute atomic E-state index is 0.110. The molecule has 1 aromatic rings. The highest BCUT2D eigenvalue weighted by Gasteiger charge is 2.36. The molecule has 3 heteroatoms. The van der Waals surface area contributed by atoms with Crippen molar-refractivity contribution in [1.82, 2.24) is 4.98 Å². The Bertz CT molecular complexity index is 304. The van der Waals surface area contributed by atoms with Crippen molar-refractivity contribution in [2.24, 2.45) is 0 Å². The largest absolute Gasteiger partial charge is 0.372 e. The normalized spacial score (nSPS) is 19.9. The third-order valence-electron chi connectivity index (χ3n) is 3.00. The molecule has 1 aliphatic carbocycles. The second-order valence-corrected chi connectivity index (χ2v) is 4.68. The number of halogens is 1.